The SMILES string of the molecule is CC(C)OC(=O)C(C(C)C)N(c1ccccc1)c1ccc(-c2ccccc2)cc1. The van der Waals surface area contributed by atoms with Crippen molar-refractivity contribution in [1.82, 2.24) is 0 Å². The Hall–Kier alpha value is -3.07. The molecule has 3 rings (SSSR count). The zero-order valence-corrected chi connectivity index (χ0v) is 17.6. The summed E-state index contributed by atoms with van der Waals surface area (Å²) in [5.41, 5.74) is 4.26. The number of anilines is 2. The fraction of sp³-hybridized carbons (Fsp3) is 0.269. The lowest BCUT2D eigenvalue weighted by Crippen LogP contribution is -2.44. The smallest absolute Gasteiger partial charge is 0.329 e. The third-order valence-electron chi connectivity index (χ3n) is 4.79. The zero-order valence-electron chi connectivity index (χ0n) is 17.6. The molecular weight excluding hydrogens is 358 g/mol. The maximum atomic E-state index is 13.0. The second-order valence-corrected chi connectivity index (χ2v) is 7.79. The van der Waals surface area contributed by atoms with Crippen molar-refractivity contribution in [3.8, 4) is 11.1 Å². The first-order valence-corrected chi connectivity index (χ1v) is 10.2. The van der Waals surface area contributed by atoms with E-state index in [4.69, 9.17) is 4.74 Å². The largest absolute Gasteiger partial charge is 0.461 e. The summed E-state index contributed by atoms with van der Waals surface area (Å²) < 4.78 is 5.61. The van der Waals surface area contributed by atoms with Gasteiger partial charge in [-0.15, -0.1) is 0 Å². The van der Waals surface area contributed by atoms with Gasteiger partial charge in [-0.25, -0.2) is 4.79 Å². The van der Waals surface area contributed by atoms with Gasteiger partial charge in [-0.1, -0.05) is 74.5 Å². The van der Waals surface area contributed by atoms with Crippen LogP contribution < -0.4 is 4.90 Å². The van der Waals surface area contributed by atoms with Crippen molar-refractivity contribution >= 4 is 17.3 Å². The second-order valence-electron chi connectivity index (χ2n) is 7.79. The number of esters is 1. The van der Waals surface area contributed by atoms with Crippen molar-refractivity contribution in [2.75, 3.05) is 4.90 Å². The summed E-state index contributed by atoms with van der Waals surface area (Å²) in [4.78, 5) is 15.1. The monoisotopic (exact) mass is 387 g/mol. The van der Waals surface area contributed by atoms with Crippen molar-refractivity contribution in [3.63, 3.8) is 0 Å². The molecule has 3 aromatic rings. The quantitative estimate of drug-likeness (QED) is 0.435. The second kappa shape index (κ2) is 9.42. The maximum absolute atomic E-state index is 13.0. The molecule has 1 atom stereocenters. The van der Waals surface area contributed by atoms with Gasteiger partial charge in [-0.3, -0.25) is 0 Å². The minimum atomic E-state index is -0.414. The molecule has 0 fully saturated rings. The molecular formula is C26H29NO2. The highest BCUT2D eigenvalue weighted by Gasteiger charge is 2.32. The molecule has 0 aliphatic carbocycles. The fourth-order valence-corrected chi connectivity index (χ4v) is 3.48. The number of hydrogen-bond acceptors (Lipinski definition) is 3. The molecule has 0 aliphatic rings. The number of benzene rings is 3. The minimum Gasteiger partial charge on any atom is -0.461 e. The predicted octanol–water partition coefficient (Wildman–Crippen LogP) is 6.47. The van der Waals surface area contributed by atoms with Crippen LogP contribution in [0.15, 0.2) is 84.9 Å². The number of rotatable bonds is 7. The summed E-state index contributed by atoms with van der Waals surface area (Å²) >= 11 is 0. The maximum Gasteiger partial charge on any atom is 0.329 e. The summed E-state index contributed by atoms with van der Waals surface area (Å²) in [5, 5.41) is 0. The third-order valence-corrected chi connectivity index (χ3v) is 4.79. The van der Waals surface area contributed by atoms with E-state index in [1.54, 1.807) is 0 Å². The first-order chi connectivity index (χ1) is 14.0. The van der Waals surface area contributed by atoms with E-state index >= 15 is 0 Å². The Bertz CT molecular complexity index is 902. The molecule has 0 bridgehead atoms. The van der Waals surface area contributed by atoms with Gasteiger partial charge in [0.05, 0.1) is 6.10 Å². The average molecular weight is 388 g/mol. The first kappa shape index (κ1) is 20.7. The van der Waals surface area contributed by atoms with Gasteiger partial charge in [-0.05, 0) is 55.2 Å². The van der Waals surface area contributed by atoms with Crippen LogP contribution in [-0.2, 0) is 9.53 Å². The van der Waals surface area contributed by atoms with Crippen LogP contribution in [0.2, 0.25) is 0 Å². The Balaban J connectivity index is 2.02. The predicted molar refractivity (Wildman–Crippen MR) is 120 cm³/mol. The summed E-state index contributed by atoms with van der Waals surface area (Å²) in [5.74, 6) is -0.124. The van der Waals surface area contributed by atoms with Gasteiger partial charge in [0.25, 0.3) is 0 Å². The third kappa shape index (κ3) is 5.05. The lowest BCUT2D eigenvalue weighted by Gasteiger charge is -2.35. The normalized spacial score (nSPS) is 12.1. The minimum absolute atomic E-state index is 0.0789. The van der Waals surface area contributed by atoms with Crippen LogP contribution in [-0.4, -0.2) is 18.1 Å². The van der Waals surface area contributed by atoms with Gasteiger partial charge >= 0.3 is 5.97 Å². The van der Waals surface area contributed by atoms with E-state index in [9.17, 15) is 4.79 Å². The number of ether oxygens (including phenoxy) is 1. The molecule has 0 aromatic heterocycles. The highest BCUT2D eigenvalue weighted by Crippen LogP contribution is 2.33. The van der Waals surface area contributed by atoms with Crippen LogP contribution in [0.25, 0.3) is 11.1 Å². The number of nitrogens with zero attached hydrogens (tertiary/aromatic N) is 1. The van der Waals surface area contributed by atoms with Gasteiger partial charge in [-0.2, -0.15) is 0 Å². The van der Waals surface area contributed by atoms with E-state index in [-0.39, 0.29) is 18.0 Å². The Kier molecular flexibility index (Phi) is 6.71. The Morgan fingerprint density at radius 1 is 0.690 bits per heavy atom. The summed E-state index contributed by atoms with van der Waals surface area (Å²) in [6.45, 7) is 7.88. The number of para-hydroxylation sites is 1. The average Bonchev–Trinajstić information content (AvgIpc) is 2.72. The van der Waals surface area contributed by atoms with E-state index in [1.807, 2.05) is 62.4 Å². The Morgan fingerprint density at radius 3 is 1.69 bits per heavy atom. The van der Waals surface area contributed by atoms with Crippen LogP contribution in [0.3, 0.4) is 0 Å². The van der Waals surface area contributed by atoms with Crippen LogP contribution >= 0.6 is 0 Å². The van der Waals surface area contributed by atoms with E-state index in [0.29, 0.717) is 0 Å². The molecule has 0 saturated heterocycles. The van der Waals surface area contributed by atoms with Gasteiger partial charge in [0.2, 0.25) is 0 Å². The van der Waals surface area contributed by atoms with Crippen molar-refractivity contribution < 1.29 is 9.53 Å². The molecule has 150 valence electrons. The molecule has 29 heavy (non-hydrogen) atoms. The summed E-state index contributed by atoms with van der Waals surface area (Å²) in [6.07, 6.45) is -0.151. The Morgan fingerprint density at radius 2 is 1.17 bits per heavy atom. The van der Waals surface area contributed by atoms with Crippen molar-refractivity contribution in [2.24, 2.45) is 5.92 Å². The molecule has 1 unspecified atom stereocenters. The van der Waals surface area contributed by atoms with Gasteiger partial charge in [0.1, 0.15) is 6.04 Å². The van der Waals surface area contributed by atoms with Gasteiger partial charge < -0.3 is 9.64 Å². The summed E-state index contributed by atoms with van der Waals surface area (Å²) in [6, 6.07) is 28.3. The lowest BCUT2D eigenvalue weighted by molar-refractivity contribution is -0.149. The molecule has 0 heterocycles. The molecule has 0 amide bonds. The van der Waals surface area contributed by atoms with E-state index in [2.05, 4.69) is 55.1 Å². The standard InChI is InChI=1S/C26H29NO2/c1-19(2)25(26(28)29-20(3)4)27(23-13-9-6-10-14-23)24-17-15-22(16-18-24)21-11-7-5-8-12-21/h5-20,25H,1-4H3. The molecule has 0 aliphatic heterocycles. The van der Waals surface area contributed by atoms with Crippen LogP contribution in [0.5, 0.6) is 0 Å². The van der Waals surface area contributed by atoms with Crippen LogP contribution in [0, 0.1) is 5.92 Å². The molecule has 3 nitrogen and oxygen atoms in total. The van der Waals surface area contributed by atoms with E-state index in [1.165, 1.54) is 5.56 Å². The lowest BCUT2D eigenvalue weighted by atomic mass is 9.99. The molecule has 0 radical (unpaired) electrons. The van der Waals surface area contributed by atoms with Crippen molar-refractivity contribution in [2.45, 2.75) is 39.8 Å². The molecule has 0 saturated carbocycles. The molecule has 0 N–H and O–H groups in total. The topological polar surface area (TPSA) is 29.5 Å². The van der Waals surface area contributed by atoms with Crippen molar-refractivity contribution in [3.05, 3.63) is 84.9 Å². The molecule has 0 spiro atoms. The highest BCUT2D eigenvalue weighted by atomic mass is 16.5. The first-order valence-electron chi connectivity index (χ1n) is 10.2. The van der Waals surface area contributed by atoms with E-state index < -0.39 is 6.04 Å². The summed E-state index contributed by atoms with van der Waals surface area (Å²) in [7, 11) is 0. The van der Waals surface area contributed by atoms with Crippen molar-refractivity contribution in [1.29, 1.82) is 0 Å². The van der Waals surface area contributed by atoms with Crippen LogP contribution in [0.4, 0.5) is 11.4 Å². The zero-order chi connectivity index (χ0) is 20.8. The molecule has 3 aromatic carbocycles. The van der Waals surface area contributed by atoms with Gasteiger partial charge in [0, 0.05) is 11.4 Å². The highest BCUT2D eigenvalue weighted by molar-refractivity contribution is 5.85. The number of hydrogen-bond donors (Lipinski definition) is 0. The van der Waals surface area contributed by atoms with Gasteiger partial charge in [0.15, 0.2) is 0 Å². The number of carbonyl (C=O) groups excluding carboxylic acids is 1. The number of carbonyl (C=O) groups is 1. The van der Waals surface area contributed by atoms with Crippen LogP contribution in [0.1, 0.15) is 27.7 Å². The molecule has 3 heteroatoms. The van der Waals surface area contributed by atoms with E-state index in [0.717, 1.165) is 16.9 Å². The fourth-order valence-electron chi connectivity index (χ4n) is 3.48. The Labute approximate surface area is 174 Å².